The number of hydrogen-bond donors (Lipinski definition) is 2. The Labute approximate surface area is 122 Å². The number of aromatic nitrogens is 1. The molecule has 2 N–H and O–H groups in total. The van der Waals surface area contributed by atoms with E-state index in [0.717, 1.165) is 16.6 Å². The maximum Gasteiger partial charge on any atom is 0.335 e. The highest BCUT2D eigenvalue weighted by Gasteiger charge is 2.25. The average molecular weight is 276 g/mol. The van der Waals surface area contributed by atoms with Crippen LogP contribution in [0, 0.1) is 6.07 Å². The van der Waals surface area contributed by atoms with Crippen molar-refractivity contribution in [3.05, 3.63) is 59.8 Å². The molecule has 3 heteroatoms. The van der Waals surface area contributed by atoms with Gasteiger partial charge in [0.2, 0.25) is 0 Å². The Bertz CT molecular complexity index is 826. The summed E-state index contributed by atoms with van der Waals surface area (Å²) in [4.78, 5) is 14.4. The smallest absolute Gasteiger partial charge is 0.335 e. The number of nitrogens with one attached hydrogen (secondary N) is 1. The zero-order chi connectivity index (χ0) is 14.4. The monoisotopic (exact) mass is 276 g/mol. The number of aromatic amines is 1. The summed E-state index contributed by atoms with van der Waals surface area (Å²) >= 11 is 0. The highest BCUT2D eigenvalue weighted by molar-refractivity contribution is 5.96. The topological polar surface area (TPSA) is 53.1 Å². The number of rotatable bonds is 3. The Morgan fingerprint density at radius 3 is 2.62 bits per heavy atom. The number of carboxylic acids is 1. The summed E-state index contributed by atoms with van der Waals surface area (Å²) in [6.07, 6.45) is 2.53. The van der Waals surface area contributed by atoms with Gasteiger partial charge in [-0.25, -0.2) is 4.79 Å². The lowest BCUT2D eigenvalue weighted by Gasteiger charge is -2.04. The van der Waals surface area contributed by atoms with Crippen molar-refractivity contribution in [3.63, 3.8) is 0 Å². The van der Waals surface area contributed by atoms with E-state index in [9.17, 15) is 4.79 Å². The first kappa shape index (κ1) is 12.2. The number of benzene rings is 2. The van der Waals surface area contributed by atoms with Crippen LogP contribution in [0.5, 0.6) is 0 Å². The summed E-state index contributed by atoms with van der Waals surface area (Å²) < 4.78 is 0. The Balaban J connectivity index is 1.83. The highest BCUT2D eigenvalue weighted by atomic mass is 16.4. The average Bonchev–Trinajstić information content (AvgIpc) is 3.26. The summed E-state index contributed by atoms with van der Waals surface area (Å²) in [6.45, 7) is 0. The van der Waals surface area contributed by atoms with Gasteiger partial charge >= 0.3 is 5.97 Å². The van der Waals surface area contributed by atoms with Gasteiger partial charge < -0.3 is 10.1 Å². The molecule has 0 spiro atoms. The number of carbonyl (C=O) groups is 1. The first-order chi connectivity index (χ1) is 10.2. The molecular weight excluding hydrogens is 262 g/mol. The third-order valence-corrected chi connectivity index (χ3v) is 4.07. The fraction of sp³-hybridized carbons (Fsp3) is 0.167. The van der Waals surface area contributed by atoms with Crippen molar-refractivity contribution in [1.82, 2.24) is 4.98 Å². The molecule has 1 aliphatic carbocycles. The molecule has 1 radical (unpaired) electrons. The van der Waals surface area contributed by atoms with Gasteiger partial charge in [-0.1, -0.05) is 12.1 Å². The summed E-state index contributed by atoms with van der Waals surface area (Å²) in [6, 6.07) is 16.3. The van der Waals surface area contributed by atoms with Crippen LogP contribution in [0.4, 0.5) is 0 Å². The van der Waals surface area contributed by atoms with Gasteiger partial charge in [0.25, 0.3) is 0 Å². The van der Waals surface area contributed by atoms with Crippen molar-refractivity contribution in [3.8, 4) is 11.1 Å². The third kappa shape index (κ3) is 2.11. The molecule has 0 amide bonds. The van der Waals surface area contributed by atoms with Crippen LogP contribution >= 0.6 is 0 Å². The van der Waals surface area contributed by atoms with E-state index < -0.39 is 5.97 Å². The summed E-state index contributed by atoms with van der Waals surface area (Å²) in [7, 11) is 0. The predicted molar refractivity (Wildman–Crippen MR) is 81.5 cm³/mol. The number of H-pyrrole nitrogens is 1. The summed E-state index contributed by atoms with van der Waals surface area (Å²) in [5.74, 6) is -0.219. The van der Waals surface area contributed by atoms with Crippen LogP contribution in [0.25, 0.3) is 22.0 Å². The van der Waals surface area contributed by atoms with Gasteiger partial charge in [-0.3, -0.25) is 0 Å². The Morgan fingerprint density at radius 1 is 1.19 bits per heavy atom. The largest absolute Gasteiger partial charge is 0.478 e. The molecule has 3 aromatic rings. The second-order valence-electron chi connectivity index (χ2n) is 5.58. The molecular formula is C18H14NO2. The SMILES string of the molecule is O=C(O)c1ccc(-c2c[c]cc3[nH]c(C4CC4)cc23)cc1. The first-order valence-electron chi connectivity index (χ1n) is 7.09. The molecule has 4 rings (SSSR count). The number of carboxylic acid groups (broad SMARTS) is 1. The van der Waals surface area contributed by atoms with Crippen molar-refractivity contribution < 1.29 is 9.90 Å². The molecule has 1 saturated carbocycles. The Kier molecular flexibility index (Phi) is 2.61. The minimum Gasteiger partial charge on any atom is -0.478 e. The van der Waals surface area contributed by atoms with Gasteiger partial charge in [0, 0.05) is 16.6 Å². The van der Waals surface area contributed by atoms with Crippen LogP contribution in [-0.4, -0.2) is 16.1 Å². The standard InChI is InChI=1S/C18H14NO2/c20-18(21)13-8-4-11(5-9-13)14-2-1-3-16-15(14)10-17(19-16)12-6-7-12/h2-5,8-10,12,19H,6-7H2,(H,20,21). The van der Waals surface area contributed by atoms with Crippen LogP contribution < -0.4 is 0 Å². The second-order valence-corrected chi connectivity index (χ2v) is 5.58. The van der Waals surface area contributed by atoms with Crippen LogP contribution in [0.3, 0.4) is 0 Å². The van der Waals surface area contributed by atoms with E-state index >= 15 is 0 Å². The first-order valence-corrected chi connectivity index (χ1v) is 7.09. The third-order valence-electron chi connectivity index (χ3n) is 4.07. The summed E-state index contributed by atoms with van der Waals surface area (Å²) in [5.41, 5.74) is 4.81. The molecule has 0 aliphatic heterocycles. The normalized spacial score (nSPS) is 14.5. The van der Waals surface area contributed by atoms with E-state index in [2.05, 4.69) is 17.1 Å². The molecule has 0 unspecified atom stereocenters. The van der Waals surface area contributed by atoms with Crippen LogP contribution in [0.1, 0.15) is 34.8 Å². The molecule has 2 aromatic carbocycles. The minimum atomic E-state index is -0.899. The maximum atomic E-state index is 10.9. The van der Waals surface area contributed by atoms with Crippen LogP contribution in [0.2, 0.25) is 0 Å². The fourth-order valence-electron chi connectivity index (χ4n) is 2.76. The van der Waals surface area contributed by atoms with Crippen molar-refractivity contribution in [1.29, 1.82) is 0 Å². The van der Waals surface area contributed by atoms with Crippen molar-refractivity contribution in [2.75, 3.05) is 0 Å². The van der Waals surface area contributed by atoms with Gasteiger partial charge in [0.1, 0.15) is 0 Å². The number of aromatic carboxylic acids is 1. The lowest BCUT2D eigenvalue weighted by atomic mass is 10.0. The maximum absolute atomic E-state index is 10.9. The molecule has 0 atom stereocenters. The molecule has 1 aromatic heterocycles. The minimum absolute atomic E-state index is 0.308. The zero-order valence-electron chi connectivity index (χ0n) is 11.4. The number of hydrogen-bond acceptors (Lipinski definition) is 1. The summed E-state index contributed by atoms with van der Waals surface area (Å²) in [5, 5.41) is 10.2. The van der Waals surface area contributed by atoms with Crippen molar-refractivity contribution in [2.24, 2.45) is 0 Å². The Morgan fingerprint density at radius 2 is 1.95 bits per heavy atom. The van der Waals surface area contributed by atoms with Gasteiger partial charge in [-0.05, 0) is 66.3 Å². The molecule has 3 nitrogen and oxygen atoms in total. The Hall–Kier alpha value is -2.55. The second kappa shape index (κ2) is 4.48. The molecule has 103 valence electrons. The molecule has 1 aliphatic rings. The molecule has 1 fully saturated rings. The van der Waals surface area contributed by atoms with Gasteiger partial charge in [0.05, 0.1) is 5.56 Å². The van der Waals surface area contributed by atoms with E-state index in [1.54, 1.807) is 12.1 Å². The van der Waals surface area contributed by atoms with E-state index in [0.29, 0.717) is 11.5 Å². The van der Waals surface area contributed by atoms with Gasteiger partial charge in [-0.15, -0.1) is 0 Å². The van der Waals surface area contributed by atoms with Crippen LogP contribution in [0.15, 0.2) is 42.5 Å². The quantitative estimate of drug-likeness (QED) is 0.752. The fourth-order valence-corrected chi connectivity index (χ4v) is 2.76. The van der Waals surface area contributed by atoms with E-state index in [-0.39, 0.29) is 0 Å². The molecule has 0 bridgehead atoms. The van der Waals surface area contributed by atoms with Crippen molar-refractivity contribution >= 4 is 16.9 Å². The van der Waals surface area contributed by atoms with Crippen LogP contribution in [-0.2, 0) is 0 Å². The molecule has 1 heterocycles. The zero-order valence-corrected chi connectivity index (χ0v) is 11.4. The van der Waals surface area contributed by atoms with Gasteiger partial charge in [-0.2, -0.15) is 0 Å². The molecule has 21 heavy (non-hydrogen) atoms. The predicted octanol–water partition coefficient (Wildman–Crippen LogP) is 4.21. The van der Waals surface area contributed by atoms with E-state index in [1.165, 1.54) is 23.9 Å². The lowest BCUT2D eigenvalue weighted by Crippen LogP contribution is -1.94. The number of fused-ring (bicyclic) bond motifs is 1. The lowest BCUT2D eigenvalue weighted by molar-refractivity contribution is 0.0697. The molecule has 0 saturated heterocycles. The highest BCUT2D eigenvalue weighted by Crippen LogP contribution is 2.41. The van der Waals surface area contributed by atoms with E-state index in [1.807, 2.05) is 24.3 Å². The van der Waals surface area contributed by atoms with Crippen molar-refractivity contribution in [2.45, 2.75) is 18.8 Å². The van der Waals surface area contributed by atoms with Gasteiger partial charge in [0.15, 0.2) is 0 Å². The van der Waals surface area contributed by atoms with E-state index in [4.69, 9.17) is 5.11 Å².